The maximum absolute atomic E-state index is 13.9. The molecule has 0 saturated carbocycles. The van der Waals surface area contributed by atoms with Gasteiger partial charge in [-0.25, -0.2) is 9.96 Å². The van der Waals surface area contributed by atoms with E-state index in [1.807, 2.05) is 0 Å². The molecule has 2 aliphatic heterocycles. The van der Waals surface area contributed by atoms with Gasteiger partial charge in [-0.2, -0.15) is 5.26 Å². The number of benzene rings is 2. The van der Waals surface area contributed by atoms with Gasteiger partial charge in [-0.3, -0.25) is 24.5 Å². The quantitative estimate of drug-likeness (QED) is 0.259. The lowest BCUT2D eigenvalue weighted by atomic mass is 9.90. The number of nitriles is 1. The lowest BCUT2D eigenvalue weighted by Crippen LogP contribution is -2.37. The smallest absolute Gasteiger partial charge is 0.269 e. The molecule has 186 valence electrons. The number of carbonyl (C=O) groups excluding carboxylic acids is 2. The molecule has 2 aromatic carbocycles. The van der Waals surface area contributed by atoms with Crippen molar-refractivity contribution in [2.45, 2.75) is 37.8 Å². The van der Waals surface area contributed by atoms with Gasteiger partial charge in [-0.15, -0.1) is 11.3 Å². The molecule has 2 amide bonds. The molecular formula is C26H19ClN4O5S. The van der Waals surface area contributed by atoms with Gasteiger partial charge in [0.05, 0.1) is 22.2 Å². The first-order chi connectivity index (χ1) is 17.9. The predicted molar refractivity (Wildman–Crippen MR) is 136 cm³/mol. The molecule has 3 aliphatic rings. The number of thiophene rings is 1. The number of hydrogen-bond acceptors (Lipinski definition) is 8. The van der Waals surface area contributed by atoms with E-state index in [0.717, 1.165) is 41.0 Å². The van der Waals surface area contributed by atoms with Crippen molar-refractivity contribution in [2.24, 2.45) is 5.92 Å². The number of carbonyl (C=O) groups is 2. The van der Waals surface area contributed by atoms with E-state index in [2.05, 4.69) is 6.07 Å². The summed E-state index contributed by atoms with van der Waals surface area (Å²) in [4.78, 5) is 46.6. The zero-order valence-corrected chi connectivity index (χ0v) is 20.9. The highest BCUT2D eigenvalue weighted by molar-refractivity contribution is 7.17. The Labute approximate surface area is 220 Å². The second kappa shape index (κ2) is 8.95. The van der Waals surface area contributed by atoms with Crippen LogP contribution in [0.25, 0.3) is 0 Å². The van der Waals surface area contributed by atoms with Crippen LogP contribution >= 0.6 is 22.9 Å². The lowest BCUT2D eigenvalue weighted by molar-refractivity contribution is -0.384. The highest BCUT2D eigenvalue weighted by Gasteiger charge is 2.61. The number of nitrogens with zero attached hydrogens (tertiary/aromatic N) is 4. The maximum Gasteiger partial charge on any atom is 0.269 e. The molecular weight excluding hydrogens is 516 g/mol. The summed E-state index contributed by atoms with van der Waals surface area (Å²) in [6, 6.07) is 14.1. The second-order valence-corrected chi connectivity index (χ2v) is 10.7. The molecule has 0 radical (unpaired) electrons. The first-order valence-electron chi connectivity index (χ1n) is 11.8. The van der Waals surface area contributed by atoms with Gasteiger partial charge in [0.15, 0.2) is 6.10 Å². The molecule has 1 aliphatic carbocycles. The van der Waals surface area contributed by atoms with E-state index in [0.29, 0.717) is 26.8 Å². The first-order valence-corrected chi connectivity index (χ1v) is 13.0. The fourth-order valence-corrected chi connectivity index (χ4v) is 6.86. The number of fused-ring (bicyclic) bond motifs is 2. The standard InChI is InChI=1S/C26H19ClN4O5S/c27-15-7-11-16(12-8-15)30-22(14-5-9-17(10-6-14)31(34)35)21-23(36-30)25(33)29(24(21)32)26-19(13-28)18-3-1-2-4-20(18)37-26/h5-12,21-23H,1-4H2/t21-,22+,23+/m0/s1. The highest BCUT2D eigenvalue weighted by atomic mass is 35.5. The van der Waals surface area contributed by atoms with E-state index in [-0.39, 0.29) is 5.69 Å². The van der Waals surface area contributed by atoms with Gasteiger partial charge in [0.2, 0.25) is 5.91 Å². The van der Waals surface area contributed by atoms with E-state index in [4.69, 9.17) is 16.4 Å². The molecule has 37 heavy (non-hydrogen) atoms. The Morgan fingerprint density at radius 3 is 2.43 bits per heavy atom. The number of amides is 2. The molecule has 0 unspecified atom stereocenters. The average Bonchev–Trinajstić information content (AvgIpc) is 3.54. The van der Waals surface area contributed by atoms with Crippen molar-refractivity contribution in [3.63, 3.8) is 0 Å². The number of rotatable bonds is 4. The number of hydroxylamine groups is 1. The van der Waals surface area contributed by atoms with Crippen LogP contribution in [0.2, 0.25) is 5.02 Å². The average molecular weight is 535 g/mol. The van der Waals surface area contributed by atoms with Gasteiger partial charge < -0.3 is 0 Å². The van der Waals surface area contributed by atoms with Crippen LogP contribution in [0, 0.1) is 27.4 Å². The normalized spacial score (nSPS) is 22.6. The molecule has 11 heteroatoms. The van der Waals surface area contributed by atoms with E-state index >= 15 is 0 Å². The molecule has 3 atom stereocenters. The van der Waals surface area contributed by atoms with Crippen LogP contribution in [0.15, 0.2) is 48.5 Å². The number of imide groups is 1. The van der Waals surface area contributed by atoms with Gasteiger partial charge >= 0.3 is 0 Å². The molecule has 1 aromatic heterocycles. The molecule has 2 fully saturated rings. The number of anilines is 2. The van der Waals surface area contributed by atoms with Crippen molar-refractivity contribution in [1.82, 2.24) is 0 Å². The third-order valence-corrected chi connectivity index (χ3v) is 8.64. The van der Waals surface area contributed by atoms with Crippen molar-refractivity contribution >= 4 is 51.1 Å². The molecule has 3 heterocycles. The fraction of sp³-hybridized carbons (Fsp3) is 0.269. The van der Waals surface area contributed by atoms with Crippen molar-refractivity contribution in [2.75, 3.05) is 9.96 Å². The summed E-state index contributed by atoms with van der Waals surface area (Å²) >= 11 is 7.39. The number of halogens is 1. The molecule has 0 spiro atoms. The second-order valence-electron chi connectivity index (χ2n) is 9.16. The van der Waals surface area contributed by atoms with Crippen LogP contribution in [0.3, 0.4) is 0 Å². The van der Waals surface area contributed by atoms with Gasteiger partial charge in [0.1, 0.15) is 17.0 Å². The highest BCUT2D eigenvalue weighted by Crippen LogP contribution is 2.50. The van der Waals surface area contributed by atoms with Crippen LogP contribution in [0.1, 0.15) is 40.5 Å². The molecule has 2 saturated heterocycles. The first kappa shape index (κ1) is 23.6. The summed E-state index contributed by atoms with van der Waals surface area (Å²) in [7, 11) is 0. The zero-order valence-electron chi connectivity index (χ0n) is 19.3. The number of nitro groups is 1. The van der Waals surface area contributed by atoms with Gasteiger partial charge in [0.25, 0.3) is 11.6 Å². The summed E-state index contributed by atoms with van der Waals surface area (Å²) in [5.41, 5.74) is 2.40. The van der Waals surface area contributed by atoms with Crippen LogP contribution in [0.4, 0.5) is 16.4 Å². The van der Waals surface area contributed by atoms with Gasteiger partial charge in [0, 0.05) is 22.0 Å². The largest absolute Gasteiger partial charge is 0.273 e. The Morgan fingerprint density at radius 1 is 1.05 bits per heavy atom. The van der Waals surface area contributed by atoms with Crippen molar-refractivity contribution in [3.8, 4) is 6.07 Å². The minimum atomic E-state index is -1.10. The van der Waals surface area contributed by atoms with Gasteiger partial charge in [-0.05, 0) is 61.1 Å². The molecule has 9 nitrogen and oxygen atoms in total. The van der Waals surface area contributed by atoms with Crippen LogP contribution in [-0.4, -0.2) is 22.8 Å². The van der Waals surface area contributed by atoms with Crippen LogP contribution < -0.4 is 9.96 Å². The Hall–Kier alpha value is -3.78. The Kier molecular flexibility index (Phi) is 5.71. The van der Waals surface area contributed by atoms with Crippen molar-refractivity contribution in [3.05, 3.63) is 85.2 Å². The topological polar surface area (TPSA) is 117 Å². The van der Waals surface area contributed by atoms with E-state index in [9.17, 15) is 25.0 Å². The summed E-state index contributed by atoms with van der Waals surface area (Å²) in [6.45, 7) is 0. The number of nitro benzene ring substituents is 1. The zero-order chi connectivity index (χ0) is 25.8. The number of hydrogen-bond donors (Lipinski definition) is 0. The SMILES string of the molecule is N#Cc1c(N2C(=O)[C@H]3[C@@H](c4ccc([N+](=O)[O-])cc4)N(c4ccc(Cl)cc4)O[C@H]3C2=O)sc2c1CCCC2. The molecule has 0 N–H and O–H groups in total. The Balaban J connectivity index is 1.43. The molecule has 0 bridgehead atoms. The van der Waals surface area contributed by atoms with Gasteiger partial charge in [-0.1, -0.05) is 23.7 Å². The number of aryl methyl sites for hydroxylation is 1. The van der Waals surface area contributed by atoms with E-state index in [1.165, 1.54) is 28.5 Å². The summed E-state index contributed by atoms with van der Waals surface area (Å²) in [5.74, 6) is -1.88. The van der Waals surface area contributed by atoms with Crippen LogP contribution in [-0.2, 0) is 27.3 Å². The minimum absolute atomic E-state index is 0.0875. The van der Waals surface area contributed by atoms with Crippen molar-refractivity contribution < 1.29 is 19.3 Å². The third-order valence-electron chi connectivity index (χ3n) is 7.11. The summed E-state index contributed by atoms with van der Waals surface area (Å²) in [5, 5.41) is 23.5. The fourth-order valence-electron chi connectivity index (χ4n) is 5.38. The Bertz CT molecular complexity index is 1480. The predicted octanol–water partition coefficient (Wildman–Crippen LogP) is 5.11. The lowest BCUT2D eigenvalue weighted by Gasteiger charge is -2.28. The number of non-ortho nitro benzene ring substituents is 1. The third kappa shape index (κ3) is 3.70. The summed E-state index contributed by atoms with van der Waals surface area (Å²) in [6.07, 6.45) is 2.45. The maximum atomic E-state index is 13.9. The van der Waals surface area contributed by atoms with Crippen LogP contribution in [0.5, 0.6) is 0 Å². The van der Waals surface area contributed by atoms with E-state index in [1.54, 1.807) is 36.4 Å². The van der Waals surface area contributed by atoms with E-state index < -0.39 is 34.8 Å². The molecule has 3 aromatic rings. The summed E-state index contributed by atoms with van der Waals surface area (Å²) < 4.78 is 0. The Morgan fingerprint density at radius 2 is 1.76 bits per heavy atom. The molecule has 6 rings (SSSR count). The van der Waals surface area contributed by atoms with Crippen molar-refractivity contribution in [1.29, 1.82) is 5.26 Å². The minimum Gasteiger partial charge on any atom is -0.273 e. The monoisotopic (exact) mass is 534 g/mol.